The summed E-state index contributed by atoms with van der Waals surface area (Å²) in [7, 11) is 1.72. The zero-order chi connectivity index (χ0) is 29.0. The first-order chi connectivity index (χ1) is 17.9. The Kier molecular flexibility index (Phi) is 14.1. The van der Waals surface area contributed by atoms with Crippen LogP contribution in [0.5, 0.6) is 0 Å². The average Bonchev–Trinajstić information content (AvgIpc) is 2.88. The van der Waals surface area contributed by atoms with Gasteiger partial charge in [-0.15, -0.1) is 0 Å². The lowest BCUT2D eigenvalue weighted by molar-refractivity contribution is -0.140. The monoisotopic (exact) mass is 528 g/mol. The Hall–Kier alpha value is -2.91. The third-order valence-corrected chi connectivity index (χ3v) is 7.25. The topological polar surface area (TPSA) is 121 Å². The normalized spacial score (nSPS) is 18.0. The third kappa shape index (κ3) is 9.44. The van der Waals surface area contributed by atoms with E-state index in [-0.39, 0.29) is 73.6 Å². The first kappa shape index (κ1) is 33.1. The number of rotatable bonds is 13. The standard InChI is InChI=1S/C29H48N6O3/c1-20(2)25(19-23(7)28(37)34(16-11-14-30)17-12-15-31)33(8)29(38)26(21(3)4)32-27(36)24-13-9-10-18-35(24)22(5)6/h19-22,24-26H,9-13,16-18H2,1-8H3,(H,32,36)/t24?,25-,26+/m1/s1. The lowest BCUT2D eigenvalue weighted by atomic mass is 9.95. The van der Waals surface area contributed by atoms with Crippen molar-refractivity contribution in [2.75, 3.05) is 26.7 Å². The number of nitrogens with zero attached hydrogens (tertiary/aromatic N) is 5. The maximum absolute atomic E-state index is 13.7. The first-order valence-corrected chi connectivity index (χ1v) is 13.9. The highest BCUT2D eigenvalue weighted by Crippen LogP contribution is 2.21. The molecule has 1 saturated heterocycles. The third-order valence-electron chi connectivity index (χ3n) is 7.25. The molecule has 0 aromatic heterocycles. The van der Waals surface area contributed by atoms with Crippen molar-refractivity contribution in [1.29, 1.82) is 10.5 Å². The molecule has 9 nitrogen and oxygen atoms in total. The highest BCUT2D eigenvalue weighted by atomic mass is 16.2. The number of nitrogens with one attached hydrogen (secondary N) is 1. The van der Waals surface area contributed by atoms with Gasteiger partial charge in [-0.05, 0) is 52.0 Å². The van der Waals surface area contributed by atoms with E-state index in [1.807, 2.05) is 39.8 Å². The number of likely N-dealkylation sites (N-methyl/N-ethyl adjacent to an activating group) is 1. The summed E-state index contributed by atoms with van der Waals surface area (Å²) in [6.45, 7) is 15.1. The van der Waals surface area contributed by atoms with Crippen molar-refractivity contribution >= 4 is 17.7 Å². The Labute approximate surface area is 229 Å². The van der Waals surface area contributed by atoms with Crippen LogP contribution in [-0.4, -0.2) is 83.3 Å². The second kappa shape index (κ2) is 16.1. The predicted molar refractivity (Wildman–Crippen MR) is 148 cm³/mol. The molecule has 0 spiro atoms. The van der Waals surface area contributed by atoms with Crippen LogP contribution < -0.4 is 5.32 Å². The smallest absolute Gasteiger partial charge is 0.249 e. The lowest BCUT2D eigenvalue weighted by Gasteiger charge is -2.39. The van der Waals surface area contributed by atoms with Gasteiger partial charge in [0.05, 0.1) is 37.1 Å². The maximum Gasteiger partial charge on any atom is 0.249 e. The van der Waals surface area contributed by atoms with Crippen LogP contribution in [0, 0.1) is 34.5 Å². The van der Waals surface area contributed by atoms with Crippen LogP contribution in [0.4, 0.5) is 0 Å². The van der Waals surface area contributed by atoms with E-state index in [4.69, 9.17) is 10.5 Å². The molecule has 1 aliphatic heterocycles. The lowest BCUT2D eigenvalue weighted by Crippen LogP contribution is -2.58. The van der Waals surface area contributed by atoms with Gasteiger partial charge in [0.1, 0.15) is 6.04 Å². The van der Waals surface area contributed by atoms with Crippen molar-refractivity contribution in [3.05, 3.63) is 11.6 Å². The second-order valence-corrected chi connectivity index (χ2v) is 11.2. The number of hydrogen-bond acceptors (Lipinski definition) is 6. The molecule has 1 unspecified atom stereocenters. The van der Waals surface area contributed by atoms with Crippen LogP contribution in [-0.2, 0) is 14.4 Å². The molecular formula is C29H48N6O3. The molecule has 3 amide bonds. The zero-order valence-corrected chi connectivity index (χ0v) is 24.7. The van der Waals surface area contributed by atoms with Gasteiger partial charge in [0.25, 0.3) is 0 Å². The summed E-state index contributed by atoms with van der Waals surface area (Å²) in [5.74, 6) is -0.649. The number of carbonyl (C=O) groups is 3. The molecule has 1 rings (SSSR count). The molecule has 1 aliphatic rings. The van der Waals surface area contributed by atoms with Gasteiger partial charge >= 0.3 is 0 Å². The van der Waals surface area contributed by atoms with Crippen molar-refractivity contribution in [2.24, 2.45) is 11.8 Å². The molecule has 1 fully saturated rings. The van der Waals surface area contributed by atoms with Crippen LogP contribution >= 0.6 is 0 Å². The average molecular weight is 529 g/mol. The largest absolute Gasteiger partial charge is 0.343 e. The molecule has 1 heterocycles. The summed E-state index contributed by atoms with van der Waals surface area (Å²) in [6.07, 6.45) is 5.00. The molecule has 0 aromatic carbocycles. The second-order valence-electron chi connectivity index (χ2n) is 11.2. The Bertz CT molecular complexity index is 896. The number of hydrogen-bond donors (Lipinski definition) is 1. The number of piperidine rings is 1. The van der Waals surface area contributed by atoms with Gasteiger partial charge in [0, 0.05) is 31.8 Å². The molecule has 9 heteroatoms. The van der Waals surface area contributed by atoms with Crippen LogP contribution in [0.2, 0.25) is 0 Å². The summed E-state index contributed by atoms with van der Waals surface area (Å²) in [6, 6.07) is 3.04. The van der Waals surface area contributed by atoms with E-state index in [1.165, 1.54) is 4.90 Å². The Morgan fingerprint density at radius 2 is 1.58 bits per heavy atom. The molecule has 3 atom stereocenters. The van der Waals surface area contributed by atoms with Crippen LogP contribution in [0.1, 0.15) is 80.6 Å². The van der Waals surface area contributed by atoms with E-state index in [1.54, 1.807) is 24.9 Å². The molecule has 0 aliphatic carbocycles. The van der Waals surface area contributed by atoms with Crippen molar-refractivity contribution in [2.45, 2.75) is 105 Å². The van der Waals surface area contributed by atoms with Gasteiger partial charge < -0.3 is 15.1 Å². The van der Waals surface area contributed by atoms with E-state index >= 15 is 0 Å². The number of amides is 3. The SMILES string of the molecule is CC(=C[C@H](C(C)C)N(C)C(=O)[C@@H](NC(=O)C1CCCCN1C(C)C)C(C)C)C(=O)N(CCC#N)CCC#N. The summed E-state index contributed by atoms with van der Waals surface area (Å²) in [5.41, 5.74) is 0.458. The predicted octanol–water partition coefficient (Wildman–Crippen LogP) is 3.48. The van der Waals surface area contributed by atoms with Crippen molar-refractivity contribution in [1.82, 2.24) is 20.0 Å². The number of likely N-dealkylation sites (tertiary alicyclic amines) is 1. The van der Waals surface area contributed by atoms with Gasteiger partial charge in [0.2, 0.25) is 17.7 Å². The molecule has 1 N–H and O–H groups in total. The fraction of sp³-hybridized carbons (Fsp3) is 0.759. The first-order valence-electron chi connectivity index (χ1n) is 13.9. The van der Waals surface area contributed by atoms with E-state index in [2.05, 4.69) is 24.1 Å². The molecule has 38 heavy (non-hydrogen) atoms. The molecule has 0 radical (unpaired) electrons. The minimum absolute atomic E-state index is 0.0108. The van der Waals surface area contributed by atoms with Gasteiger partial charge in [0.15, 0.2) is 0 Å². The fourth-order valence-electron chi connectivity index (χ4n) is 5.00. The van der Waals surface area contributed by atoms with Crippen molar-refractivity contribution in [3.8, 4) is 12.1 Å². The van der Waals surface area contributed by atoms with Gasteiger partial charge in [-0.3, -0.25) is 19.3 Å². The Morgan fingerprint density at radius 3 is 2.05 bits per heavy atom. The van der Waals surface area contributed by atoms with Crippen LogP contribution in [0.25, 0.3) is 0 Å². The van der Waals surface area contributed by atoms with Gasteiger partial charge in [-0.25, -0.2) is 0 Å². The fourth-order valence-corrected chi connectivity index (χ4v) is 5.00. The minimum atomic E-state index is -0.683. The summed E-state index contributed by atoms with van der Waals surface area (Å²) in [4.78, 5) is 45.6. The number of carbonyl (C=O) groups excluding carboxylic acids is 3. The van der Waals surface area contributed by atoms with Crippen LogP contribution in [0.3, 0.4) is 0 Å². The molecule has 0 aromatic rings. The van der Waals surface area contributed by atoms with E-state index in [9.17, 15) is 14.4 Å². The summed E-state index contributed by atoms with van der Waals surface area (Å²) < 4.78 is 0. The summed E-state index contributed by atoms with van der Waals surface area (Å²) >= 11 is 0. The van der Waals surface area contributed by atoms with Gasteiger partial charge in [-0.1, -0.05) is 40.2 Å². The Balaban J connectivity index is 3.13. The highest BCUT2D eigenvalue weighted by molar-refractivity contribution is 5.93. The van der Waals surface area contributed by atoms with Crippen molar-refractivity contribution in [3.63, 3.8) is 0 Å². The van der Waals surface area contributed by atoms with Crippen molar-refractivity contribution < 1.29 is 14.4 Å². The summed E-state index contributed by atoms with van der Waals surface area (Å²) in [5, 5.41) is 21.0. The molecule has 212 valence electrons. The van der Waals surface area contributed by atoms with Gasteiger partial charge in [-0.2, -0.15) is 10.5 Å². The molecule has 0 saturated carbocycles. The zero-order valence-electron chi connectivity index (χ0n) is 24.7. The Morgan fingerprint density at radius 1 is 1.00 bits per heavy atom. The van der Waals surface area contributed by atoms with Crippen LogP contribution in [0.15, 0.2) is 11.6 Å². The minimum Gasteiger partial charge on any atom is -0.343 e. The molecule has 0 bridgehead atoms. The number of nitriles is 2. The molecular weight excluding hydrogens is 480 g/mol. The quantitative estimate of drug-likeness (QED) is 0.366. The van der Waals surface area contributed by atoms with E-state index in [0.717, 1.165) is 25.8 Å². The highest BCUT2D eigenvalue weighted by Gasteiger charge is 2.36. The van der Waals surface area contributed by atoms with E-state index in [0.29, 0.717) is 5.57 Å². The van der Waals surface area contributed by atoms with E-state index < -0.39 is 6.04 Å². The maximum atomic E-state index is 13.7.